The van der Waals surface area contributed by atoms with Crippen molar-refractivity contribution >= 4 is 46.5 Å². The van der Waals surface area contributed by atoms with E-state index in [9.17, 15) is 28.0 Å². The maximum absolute atomic E-state index is 14.5. The lowest BCUT2D eigenvalue weighted by molar-refractivity contribution is -0.126. The molecule has 0 aliphatic carbocycles. The Kier molecular flexibility index (Phi) is 8.38. The average Bonchev–Trinajstić information content (AvgIpc) is 3.17. The van der Waals surface area contributed by atoms with Crippen LogP contribution >= 0.6 is 11.8 Å². The molecule has 2 heterocycles. The van der Waals surface area contributed by atoms with Crippen LogP contribution in [0, 0.1) is 18.6 Å². The van der Waals surface area contributed by atoms with Crippen molar-refractivity contribution in [3.63, 3.8) is 0 Å². The first-order chi connectivity index (χ1) is 19.3. The summed E-state index contributed by atoms with van der Waals surface area (Å²) in [7, 11) is 0. The number of benzene rings is 2. The van der Waals surface area contributed by atoms with Crippen molar-refractivity contribution in [3.05, 3.63) is 70.9 Å². The molecule has 41 heavy (non-hydrogen) atoms. The number of halogens is 2. The molecule has 1 fully saturated rings. The number of rotatable bonds is 6. The maximum Gasteiger partial charge on any atom is 0.424 e. The van der Waals surface area contributed by atoms with Gasteiger partial charge in [-0.1, -0.05) is 18.2 Å². The minimum Gasteiger partial charge on any atom is -0.462 e. The number of aryl methyl sites for hydroxylation is 1. The molecule has 0 bridgehead atoms. The number of anilines is 2. The number of carbonyl (C=O) groups is 4. The molecule has 214 valence electrons. The Morgan fingerprint density at radius 2 is 1.68 bits per heavy atom. The molecule has 1 saturated heterocycles. The third-order valence-corrected chi connectivity index (χ3v) is 6.75. The molecule has 3 amide bonds. The second-order valence-corrected chi connectivity index (χ2v) is 10.9. The largest absolute Gasteiger partial charge is 0.462 e. The van der Waals surface area contributed by atoms with Crippen molar-refractivity contribution in [3.8, 4) is 11.4 Å². The Morgan fingerprint density at radius 1 is 1.05 bits per heavy atom. The van der Waals surface area contributed by atoms with Crippen molar-refractivity contribution < 1.29 is 37.4 Å². The first-order valence-electron chi connectivity index (χ1n) is 12.5. The molecule has 13 heteroatoms. The van der Waals surface area contributed by atoms with Crippen molar-refractivity contribution in [2.24, 2.45) is 0 Å². The summed E-state index contributed by atoms with van der Waals surface area (Å²) in [5.74, 6) is -3.56. The van der Waals surface area contributed by atoms with E-state index < -0.39 is 51.3 Å². The molecule has 2 aromatic carbocycles. The van der Waals surface area contributed by atoms with Gasteiger partial charge in [0.15, 0.2) is 5.82 Å². The Morgan fingerprint density at radius 3 is 2.27 bits per heavy atom. The fraction of sp³-hybridized carbons (Fsp3) is 0.286. The maximum atomic E-state index is 14.5. The van der Waals surface area contributed by atoms with Crippen molar-refractivity contribution in [1.82, 2.24) is 14.9 Å². The third kappa shape index (κ3) is 6.35. The minimum atomic E-state index is -1.05. The van der Waals surface area contributed by atoms with E-state index in [1.807, 2.05) is 0 Å². The summed E-state index contributed by atoms with van der Waals surface area (Å²) in [4.78, 5) is 59.3. The minimum absolute atomic E-state index is 0.0310. The van der Waals surface area contributed by atoms with Crippen molar-refractivity contribution in [1.29, 1.82) is 0 Å². The van der Waals surface area contributed by atoms with Crippen molar-refractivity contribution in [2.45, 2.75) is 45.5 Å². The summed E-state index contributed by atoms with van der Waals surface area (Å²) in [5, 5.41) is 1.23. The molecule has 1 atom stereocenters. The molecule has 1 N–H and O–H groups in total. The van der Waals surface area contributed by atoms with Gasteiger partial charge in [0.05, 0.1) is 17.9 Å². The highest BCUT2D eigenvalue weighted by atomic mass is 32.2. The van der Waals surface area contributed by atoms with Crippen LogP contribution < -0.4 is 5.32 Å². The number of aromatic nitrogens is 2. The molecule has 4 rings (SSSR count). The molecular weight excluding hydrogens is 558 g/mol. The van der Waals surface area contributed by atoms with Crippen LogP contribution in [0.15, 0.2) is 42.5 Å². The first-order valence-corrected chi connectivity index (χ1v) is 13.3. The predicted molar refractivity (Wildman–Crippen MR) is 147 cm³/mol. The van der Waals surface area contributed by atoms with Crippen LogP contribution in [0.1, 0.15) is 54.6 Å². The van der Waals surface area contributed by atoms with E-state index in [0.29, 0.717) is 27.9 Å². The van der Waals surface area contributed by atoms with Crippen LogP contribution in [0.3, 0.4) is 0 Å². The summed E-state index contributed by atoms with van der Waals surface area (Å²) in [6.45, 7) is 8.04. The second kappa shape index (κ2) is 11.6. The van der Waals surface area contributed by atoms with Crippen LogP contribution in [0.25, 0.3) is 11.4 Å². The molecule has 0 spiro atoms. The number of carbonyl (C=O) groups excluding carboxylic acids is 4. The predicted octanol–water partition coefficient (Wildman–Crippen LogP) is 6.32. The molecule has 0 saturated carbocycles. The van der Waals surface area contributed by atoms with Crippen LogP contribution in [0.2, 0.25) is 0 Å². The Balaban J connectivity index is 1.64. The topological polar surface area (TPSA) is 128 Å². The second-order valence-electron chi connectivity index (χ2n) is 9.84. The standard InChI is InChI=1S/C28H26F2N4O6S/c1-6-39-25(36)19-14(2)31-23(20-17(29)8-7-9-18(20)30)33-22(19)32-16-12-10-15(11-13-16)21-24(35)34(27(38)41-21)26(37)40-28(3,4)5/h7-13,21H,6H2,1-5H3,(H,31,32,33). The van der Waals surface area contributed by atoms with Crippen molar-refractivity contribution in [2.75, 3.05) is 11.9 Å². The van der Waals surface area contributed by atoms with E-state index in [1.165, 1.54) is 13.0 Å². The highest BCUT2D eigenvalue weighted by molar-refractivity contribution is 8.15. The molecule has 1 aliphatic heterocycles. The van der Waals surface area contributed by atoms with E-state index >= 15 is 0 Å². The number of nitrogens with zero attached hydrogens (tertiary/aromatic N) is 3. The van der Waals surface area contributed by atoms with Gasteiger partial charge >= 0.3 is 12.1 Å². The van der Waals surface area contributed by atoms with Gasteiger partial charge < -0.3 is 14.8 Å². The van der Waals surface area contributed by atoms with Gasteiger partial charge in [0.25, 0.3) is 11.1 Å². The molecule has 0 radical (unpaired) electrons. The van der Waals surface area contributed by atoms with Gasteiger partial charge in [-0.25, -0.2) is 28.3 Å². The lowest BCUT2D eigenvalue weighted by Gasteiger charge is -2.22. The van der Waals surface area contributed by atoms with Gasteiger partial charge in [0.1, 0.15) is 33.9 Å². The third-order valence-electron chi connectivity index (χ3n) is 5.65. The molecule has 1 aliphatic rings. The smallest absolute Gasteiger partial charge is 0.424 e. The van der Waals surface area contributed by atoms with E-state index in [4.69, 9.17) is 9.47 Å². The van der Waals surface area contributed by atoms with Gasteiger partial charge in [-0.3, -0.25) is 9.59 Å². The number of nitrogens with one attached hydrogen (secondary N) is 1. The lowest BCUT2D eigenvalue weighted by atomic mass is 10.1. The number of amides is 3. The van der Waals surface area contributed by atoms with Gasteiger partial charge in [-0.2, -0.15) is 4.90 Å². The van der Waals surface area contributed by atoms with E-state index in [-0.39, 0.29) is 29.5 Å². The summed E-state index contributed by atoms with van der Waals surface area (Å²) < 4.78 is 39.3. The number of hydrogen-bond donors (Lipinski definition) is 1. The highest BCUT2D eigenvalue weighted by Gasteiger charge is 2.46. The van der Waals surface area contributed by atoms with Crippen LogP contribution in [0.4, 0.5) is 29.9 Å². The number of esters is 1. The Labute approximate surface area is 238 Å². The monoisotopic (exact) mass is 584 g/mol. The van der Waals surface area contributed by atoms with Crippen LogP contribution in [-0.4, -0.2) is 50.3 Å². The van der Waals surface area contributed by atoms with Crippen LogP contribution in [0.5, 0.6) is 0 Å². The number of ether oxygens (including phenoxy) is 2. The average molecular weight is 585 g/mol. The van der Waals surface area contributed by atoms with E-state index in [1.54, 1.807) is 52.0 Å². The molecular formula is C28H26F2N4O6S. The Hall–Kier alpha value is -4.39. The van der Waals surface area contributed by atoms with Crippen LogP contribution in [-0.2, 0) is 14.3 Å². The number of hydrogen-bond acceptors (Lipinski definition) is 10. The summed E-state index contributed by atoms with van der Waals surface area (Å²) in [6.07, 6.45) is -1.05. The number of thioether (sulfide) groups is 1. The zero-order valence-corrected chi connectivity index (χ0v) is 23.6. The summed E-state index contributed by atoms with van der Waals surface area (Å²) in [6, 6.07) is 9.57. The SMILES string of the molecule is CCOC(=O)c1c(C)nc(-c2c(F)cccc2F)nc1Nc1ccc(C2SC(=O)N(C(=O)OC(C)(C)C)C2=O)cc1. The fourth-order valence-corrected chi connectivity index (χ4v) is 4.88. The van der Waals surface area contributed by atoms with Gasteiger partial charge in [0, 0.05) is 5.69 Å². The molecule has 3 aromatic rings. The molecule has 10 nitrogen and oxygen atoms in total. The molecule has 1 unspecified atom stereocenters. The molecule has 1 aromatic heterocycles. The quantitative estimate of drug-likeness (QED) is 0.329. The highest BCUT2D eigenvalue weighted by Crippen LogP contribution is 2.40. The number of imide groups is 3. The first kappa shape index (κ1) is 29.6. The zero-order chi connectivity index (χ0) is 30.1. The lowest BCUT2D eigenvalue weighted by Crippen LogP contribution is -2.40. The van der Waals surface area contributed by atoms with E-state index in [2.05, 4.69) is 15.3 Å². The summed E-state index contributed by atoms with van der Waals surface area (Å²) >= 11 is 0.678. The Bertz CT molecular complexity index is 1520. The zero-order valence-electron chi connectivity index (χ0n) is 22.8. The van der Waals surface area contributed by atoms with E-state index in [0.717, 1.165) is 12.1 Å². The normalized spacial score (nSPS) is 15.2. The summed E-state index contributed by atoms with van der Waals surface area (Å²) in [5.41, 5.74) is -0.430. The van der Waals surface area contributed by atoms with Gasteiger partial charge in [0.2, 0.25) is 0 Å². The fourth-order valence-electron chi connectivity index (χ4n) is 3.91. The van der Waals surface area contributed by atoms with Gasteiger partial charge in [-0.15, -0.1) is 0 Å². The van der Waals surface area contributed by atoms with Gasteiger partial charge in [-0.05, 0) is 76.2 Å².